The van der Waals surface area contributed by atoms with Crippen molar-refractivity contribution in [2.24, 2.45) is 7.05 Å². The lowest BCUT2D eigenvalue weighted by Gasteiger charge is -2.13. The highest BCUT2D eigenvalue weighted by molar-refractivity contribution is 5.78. The van der Waals surface area contributed by atoms with Crippen LogP contribution < -0.4 is 16.0 Å². The minimum absolute atomic E-state index is 0.207. The van der Waals surface area contributed by atoms with E-state index in [1.54, 1.807) is 17.7 Å². The number of imidazole rings is 2. The molecule has 0 aliphatic heterocycles. The Kier molecular flexibility index (Phi) is 4.49. The van der Waals surface area contributed by atoms with E-state index in [-0.39, 0.29) is 11.2 Å². The van der Waals surface area contributed by atoms with Crippen LogP contribution in [-0.2, 0) is 16.6 Å². The minimum atomic E-state index is -1.07. The summed E-state index contributed by atoms with van der Waals surface area (Å²) in [4.78, 5) is 42.6. The average Bonchev–Trinajstić information content (AvgIpc) is 3.26. The minimum Gasteiger partial charge on any atom is -0.497 e. The Labute approximate surface area is 170 Å². The molecular weight excluding hydrogens is 390 g/mol. The lowest BCUT2D eigenvalue weighted by Crippen LogP contribution is -2.43. The molecule has 0 saturated heterocycles. The number of hydrogen-bond donors (Lipinski definition) is 0. The Morgan fingerprint density at radius 2 is 1.80 bits per heavy atom. The van der Waals surface area contributed by atoms with Gasteiger partial charge in [-0.2, -0.15) is 4.98 Å². The van der Waals surface area contributed by atoms with Gasteiger partial charge in [-0.15, -0.1) is 0 Å². The van der Waals surface area contributed by atoms with Gasteiger partial charge < -0.3 is 9.47 Å². The van der Waals surface area contributed by atoms with Crippen LogP contribution in [0.1, 0.15) is 18.7 Å². The largest absolute Gasteiger partial charge is 0.497 e. The predicted molar refractivity (Wildman–Crippen MR) is 110 cm³/mol. The molecule has 1 aromatic carbocycles. The second-order valence-corrected chi connectivity index (χ2v) is 6.97. The zero-order chi connectivity index (χ0) is 21.7. The van der Waals surface area contributed by atoms with Gasteiger partial charge in [-0.25, -0.2) is 14.2 Å². The lowest BCUT2D eigenvalue weighted by molar-refractivity contribution is -0.144. The van der Waals surface area contributed by atoms with E-state index in [2.05, 4.69) is 4.98 Å². The highest BCUT2D eigenvalue weighted by Gasteiger charge is 2.26. The lowest BCUT2D eigenvalue weighted by atomic mass is 10.3. The van der Waals surface area contributed by atoms with Crippen molar-refractivity contribution in [2.75, 3.05) is 14.2 Å². The van der Waals surface area contributed by atoms with Crippen molar-refractivity contribution in [3.05, 3.63) is 57.0 Å². The Morgan fingerprint density at radius 3 is 2.40 bits per heavy atom. The van der Waals surface area contributed by atoms with E-state index in [0.29, 0.717) is 5.78 Å². The Balaban J connectivity index is 2.06. The van der Waals surface area contributed by atoms with Gasteiger partial charge in [0.05, 0.1) is 14.2 Å². The number of ether oxygens (including phenoxy) is 2. The SMILES string of the molecule is COC(=O)[C@@H](C)n1c(=O)c2c(nc3n(-c4ccc(OC)cc4)c(C)cn23)n(C)c1=O. The number of esters is 1. The summed E-state index contributed by atoms with van der Waals surface area (Å²) < 4.78 is 15.6. The summed E-state index contributed by atoms with van der Waals surface area (Å²) in [5.74, 6) is 0.514. The zero-order valence-electron chi connectivity index (χ0n) is 17.2. The molecule has 0 saturated carbocycles. The van der Waals surface area contributed by atoms with E-state index in [9.17, 15) is 14.4 Å². The second kappa shape index (κ2) is 6.90. The highest BCUT2D eigenvalue weighted by atomic mass is 16.5. The molecule has 0 radical (unpaired) electrons. The van der Waals surface area contributed by atoms with Crippen LogP contribution in [0.3, 0.4) is 0 Å². The molecule has 30 heavy (non-hydrogen) atoms. The fraction of sp³-hybridized carbons (Fsp3) is 0.300. The normalized spacial score (nSPS) is 12.4. The molecule has 0 N–H and O–H groups in total. The number of methoxy groups -OCH3 is 2. The van der Waals surface area contributed by atoms with E-state index in [1.165, 1.54) is 25.6 Å². The number of carbonyl (C=O) groups is 1. The zero-order valence-corrected chi connectivity index (χ0v) is 17.2. The van der Waals surface area contributed by atoms with Crippen LogP contribution in [0.15, 0.2) is 40.1 Å². The van der Waals surface area contributed by atoms with Crippen molar-refractivity contribution >= 4 is 22.9 Å². The summed E-state index contributed by atoms with van der Waals surface area (Å²) >= 11 is 0. The van der Waals surface area contributed by atoms with E-state index in [1.807, 2.05) is 35.8 Å². The first-order valence-electron chi connectivity index (χ1n) is 9.24. The molecule has 0 amide bonds. The van der Waals surface area contributed by atoms with Crippen molar-refractivity contribution in [1.82, 2.24) is 23.1 Å². The van der Waals surface area contributed by atoms with Crippen LogP contribution in [0.5, 0.6) is 5.75 Å². The number of nitrogens with zero attached hydrogens (tertiary/aromatic N) is 5. The third-order valence-corrected chi connectivity index (χ3v) is 5.24. The molecule has 1 atom stereocenters. The highest BCUT2D eigenvalue weighted by Crippen LogP contribution is 2.23. The van der Waals surface area contributed by atoms with Gasteiger partial charge in [0, 0.05) is 24.6 Å². The molecule has 0 aliphatic carbocycles. The maximum absolute atomic E-state index is 13.2. The van der Waals surface area contributed by atoms with Gasteiger partial charge in [0.15, 0.2) is 11.2 Å². The Hall–Kier alpha value is -3.82. The van der Waals surface area contributed by atoms with Crippen molar-refractivity contribution in [1.29, 1.82) is 0 Å². The maximum atomic E-state index is 13.2. The van der Waals surface area contributed by atoms with Crippen LogP contribution >= 0.6 is 0 Å². The third kappa shape index (κ3) is 2.64. The monoisotopic (exact) mass is 411 g/mol. The number of hydrogen-bond acceptors (Lipinski definition) is 6. The van der Waals surface area contributed by atoms with E-state index >= 15 is 0 Å². The molecule has 10 nitrogen and oxygen atoms in total. The quantitative estimate of drug-likeness (QED) is 0.468. The fourth-order valence-electron chi connectivity index (χ4n) is 3.65. The predicted octanol–water partition coefficient (Wildman–Crippen LogP) is 1.19. The van der Waals surface area contributed by atoms with Gasteiger partial charge in [0.1, 0.15) is 11.8 Å². The van der Waals surface area contributed by atoms with Crippen molar-refractivity contribution < 1.29 is 14.3 Å². The molecule has 0 unspecified atom stereocenters. The smallest absolute Gasteiger partial charge is 0.333 e. The van der Waals surface area contributed by atoms with Gasteiger partial charge in [-0.05, 0) is 38.1 Å². The van der Waals surface area contributed by atoms with E-state index < -0.39 is 23.3 Å². The summed E-state index contributed by atoms with van der Waals surface area (Å²) in [6.45, 7) is 3.34. The van der Waals surface area contributed by atoms with Crippen molar-refractivity contribution in [2.45, 2.75) is 19.9 Å². The molecule has 0 aliphatic rings. The molecule has 4 aromatic rings. The molecule has 156 valence electrons. The second-order valence-electron chi connectivity index (χ2n) is 6.97. The van der Waals surface area contributed by atoms with Crippen molar-refractivity contribution in [3.8, 4) is 11.4 Å². The maximum Gasteiger partial charge on any atom is 0.333 e. The molecule has 10 heteroatoms. The van der Waals surface area contributed by atoms with Crippen LogP contribution in [-0.4, -0.2) is 43.3 Å². The molecule has 0 spiro atoms. The fourth-order valence-corrected chi connectivity index (χ4v) is 3.65. The van der Waals surface area contributed by atoms with Gasteiger partial charge in [0.25, 0.3) is 5.56 Å². The van der Waals surface area contributed by atoms with Crippen LogP contribution in [0.4, 0.5) is 0 Å². The molecule has 4 rings (SSSR count). The third-order valence-electron chi connectivity index (χ3n) is 5.24. The molecular formula is C20H21N5O5. The molecule has 0 bridgehead atoms. The molecule has 0 fully saturated rings. The van der Waals surface area contributed by atoms with Gasteiger partial charge in [0.2, 0.25) is 5.78 Å². The summed E-state index contributed by atoms with van der Waals surface area (Å²) in [6, 6.07) is 6.34. The average molecular weight is 411 g/mol. The first-order valence-corrected chi connectivity index (χ1v) is 9.24. The summed E-state index contributed by atoms with van der Waals surface area (Å²) in [7, 11) is 4.32. The summed E-state index contributed by atoms with van der Waals surface area (Å²) in [5.41, 5.74) is 0.857. The number of fused-ring (bicyclic) bond motifs is 3. The Bertz CT molecular complexity index is 1400. The Morgan fingerprint density at radius 1 is 1.13 bits per heavy atom. The van der Waals surface area contributed by atoms with Gasteiger partial charge >= 0.3 is 11.7 Å². The van der Waals surface area contributed by atoms with Crippen molar-refractivity contribution in [3.63, 3.8) is 0 Å². The first kappa shape index (κ1) is 19.5. The topological polar surface area (TPSA) is 102 Å². The molecule has 3 aromatic heterocycles. The van der Waals surface area contributed by atoms with E-state index in [0.717, 1.165) is 21.7 Å². The van der Waals surface area contributed by atoms with Crippen LogP contribution in [0, 0.1) is 6.92 Å². The van der Waals surface area contributed by atoms with Gasteiger partial charge in [-0.1, -0.05) is 0 Å². The summed E-state index contributed by atoms with van der Waals surface area (Å²) in [6.07, 6.45) is 1.77. The summed E-state index contributed by atoms with van der Waals surface area (Å²) in [5, 5.41) is 0. The van der Waals surface area contributed by atoms with Crippen LogP contribution in [0.2, 0.25) is 0 Å². The standard InChI is InChI=1S/C20H21N5O5/c1-11-10-23-15-16(21-19(23)24(11)13-6-8-14(29-4)9-7-13)22(3)20(28)25(17(15)26)12(2)18(27)30-5/h6-10,12H,1-5H3/t12-/m1/s1. The molecule has 3 heterocycles. The van der Waals surface area contributed by atoms with Crippen LogP contribution in [0.25, 0.3) is 22.6 Å². The van der Waals surface area contributed by atoms with Gasteiger partial charge in [-0.3, -0.25) is 18.3 Å². The number of carbonyl (C=O) groups excluding carboxylic acids is 1. The van der Waals surface area contributed by atoms with E-state index in [4.69, 9.17) is 9.47 Å². The number of rotatable bonds is 4. The first-order chi connectivity index (χ1) is 14.3. The number of aromatic nitrogens is 5. The number of aryl methyl sites for hydroxylation is 2. The number of benzene rings is 1.